The number of aromatic nitrogens is 4. The van der Waals surface area contributed by atoms with Crippen molar-refractivity contribution in [3.05, 3.63) is 69.7 Å². The lowest BCUT2D eigenvalue weighted by molar-refractivity contribution is 0.296. The monoisotopic (exact) mass is 536 g/mol. The van der Waals surface area contributed by atoms with Crippen LogP contribution in [0.1, 0.15) is 24.2 Å². The summed E-state index contributed by atoms with van der Waals surface area (Å²) in [5.74, 6) is -3.65. The minimum absolute atomic E-state index is 0.0680. The molecule has 0 amide bonds. The molecule has 0 spiro atoms. The quantitative estimate of drug-likeness (QED) is 0.343. The van der Waals surface area contributed by atoms with Gasteiger partial charge in [-0.2, -0.15) is 0 Å². The summed E-state index contributed by atoms with van der Waals surface area (Å²) in [5, 5.41) is 0. The van der Waals surface area contributed by atoms with Gasteiger partial charge in [0, 0.05) is 29.6 Å². The van der Waals surface area contributed by atoms with Gasteiger partial charge in [-0.25, -0.2) is 36.4 Å². The maximum atomic E-state index is 14.5. The van der Waals surface area contributed by atoms with E-state index in [-0.39, 0.29) is 40.5 Å². The number of nitrogens with one attached hydrogen (secondary N) is 1. The highest BCUT2D eigenvalue weighted by Crippen LogP contribution is 2.33. The number of benzene rings is 1. The van der Waals surface area contributed by atoms with E-state index in [1.54, 1.807) is 19.9 Å². The number of hydrogen-bond donors (Lipinski definition) is 1. The predicted octanol–water partition coefficient (Wildman–Crippen LogP) is 3.55. The minimum Gasteiger partial charge on any atom is -0.491 e. The number of nitrogens with zero attached hydrogens (tertiary/aromatic N) is 3. The van der Waals surface area contributed by atoms with Gasteiger partial charge in [0.1, 0.15) is 15.7 Å². The largest absolute Gasteiger partial charge is 0.491 e. The molecule has 0 radical (unpaired) electrons. The van der Waals surface area contributed by atoms with Crippen LogP contribution in [-0.2, 0) is 9.84 Å². The fourth-order valence-corrected chi connectivity index (χ4v) is 4.97. The maximum Gasteiger partial charge on any atom is 0.328 e. The molecule has 0 unspecified atom stereocenters. The van der Waals surface area contributed by atoms with E-state index in [1.165, 1.54) is 19.4 Å². The molecule has 0 aliphatic carbocycles. The van der Waals surface area contributed by atoms with Crippen molar-refractivity contribution in [2.45, 2.75) is 19.9 Å². The van der Waals surface area contributed by atoms with Crippen LogP contribution in [0.4, 0.5) is 13.2 Å². The van der Waals surface area contributed by atoms with E-state index < -0.39 is 44.8 Å². The van der Waals surface area contributed by atoms with Crippen LogP contribution in [0, 0.1) is 24.4 Å². The van der Waals surface area contributed by atoms with Crippen LogP contribution < -0.4 is 15.2 Å². The van der Waals surface area contributed by atoms with Gasteiger partial charge < -0.3 is 14.5 Å². The van der Waals surface area contributed by atoms with Gasteiger partial charge in [-0.15, -0.1) is 0 Å². The molecule has 1 atom stereocenters. The molecule has 196 valence electrons. The molecule has 4 rings (SSSR count). The molecule has 1 aromatic carbocycles. The fraction of sp³-hybridized carbons (Fsp3) is 0.292. The number of fused-ring (bicyclic) bond motifs is 1. The van der Waals surface area contributed by atoms with Gasteiger partial charge in [0.05, 0.1) is 36.7 Å². The number of hydrogen-bond acceptors (Lipinski definition) is 7. The number of halogens is 3. The van der Waals surface area contributed by atoms with Crippen LogP contribution in [0.25, 0.3) is 22.3 Å². The van der Waals surface area contributed by atoms with E-state index in [0.29, 0.717) is 23.4 Å². The van der Waals surface area contributed by atoms with E-state index >= 15 is 0 Å². The van der Waals surface area contributed by atoms with E-state index in [1.807, 2.05) is 0 Å². The van der Waals surface area contributed by atoms with Crippen molar-refractivity contribution in [1.29, 1.82) is 0 Å². The van der Waals surface area contributed by atoms with E-state index in [0.717, 1.165) is 10.8 Å². The van der Waals surface area contributed by atoms with Crippen LogP contribution in [0.3, 0.4) is 0 Å². The molecule has 13 heteroatoms. The Kier molecular flexibility index (Phi) is 7.00. The summed E-state index contributed by atoms with van der Waals surface area (Å²) in [5.41, 5.74) is -0.0577. The smallest absolute Gasteiger partial charge is 0.328 e. The van der Waals surface area contributed by atoms with Gasteiger partial charge in [0.2, 0.25) is 0 Å². The van der Waals surface area contributed by atoms with Gasteiger partial charge in [0.15, 0.2) is 23.0 Å². The standard InChI is InChI=1S/C24H23F3N4O5S/c1-5-36-23-20(35-3)7-6-18(29-23)19(11-37(4,33)34)31-22-21(30-24(31)32)12(2)14(10-28-22)13-8-16(26)17(27)9-15(13)25/h6-10,19H,5,11H2,1-4H3,(H,30,32)/t19-/m1/s1. The van der Waals surface area contributed by atoms with E-state index in [2.05, 4.69) is 15.0 Å². The first-order chi connectivity index (χ1) is 17.4. The third kappa shape index (κ3) is 5.03. The van der Waals surface area contributed by atoms with Crippen molar-refractivity contribution in [2.24, 2.45) is 0 Å². The van der Waals surface area contributed by atoms with Crippen LogP contribution in [0.15, 0.2) is 35.3 Å². The number of H-pyrrole nitrogens is 1. The van der Waals surface area contributed by atoms with Gasteiger partial charge in [-0.3, -0.25) is 4.57 Å². The Hall–Kier alpha value is -3.87. The van der Waals surface area contributed by atoms with Crippen molar-refractivity contribution in [3.63, 3.8) is 0 Å². The third-order valence-corrected chi connectivity index (χ3v) is 6.68. The highest BCUT2D eigenvalue weighted by molar-refractivity contribution is 7.90. The Morgan fingerprint density at radius 1 is 1.11 bits per heavy atom. The number of imidazole rings is 1. The third-order valence-electron chi connectivity index (χ3n) is 5.76. The van der Waals surface area contributed by atoms with Crippen molar-refractivity contribution in [3.8, 4) is 22.8 Å². The Balaban J connectivity index is 1.94. The number of aryl methyl sites for hydroxylation is 1. The summed E-state index contributed by atoms with van der Waals surface area (Å²) < 4.78 is 78.4. The molecular weight excluding hydrogens is 513 g/mol. The summed E-state index contributed by atoms with van der Waals surface area (Å²) in [6.45, 7) is 3.55. The first-order valence-electron chi connectivity index (χ1n) is 11.0. The van der Waals surface area contributed by atoms with E-state index in [4.69, 9.17) is 9.47 Å². The summed E-state index contributed by atoms with van der Waals surface area (Å²) >= 11 is 0. The summed E-state index contributed by atoms with van der Waals surface area (Å²) in [4.78, 5) is 24.4. The minimum atomic E-state index is -3.64. The average molecular weight is 537 g/mol. The second-order valence-corrected chi connectivity index (χ2v) is 10.5. The molecule has 3 aromatic heterocycles. The molecule has 0 fully saturated rings. The molecule has 0 aliphatic rings. The van der Waals surface area contributed by atoms with Crippen molar-refractivity contribution >= 4 is 21.0 Å². The second kappa shape index (κ2) is 9.88. The summed E-state index contributed by atoms with van der Waals surface area (Å²) in [6, 6.07) is 3.08. The van der Waals surface area contributed by atoms with Crippen molar-refractivity contribution in [1.82, 2.24) is 19.5 Å². The highest BCUT2D eigenvalue weighted by atomic mass is 32.2. The van der Waals surface area contributed by atoms with Crippen molar-refractivity contribution in [2.75, 3.05) is 25.7 Å². The molecular formula is C24H23F3N4O5S. The molecule has 0 saturated heterocycles. The number of ether oxygens (including phenoxy) is 2. The molecule has 0 aliphatic heterocycles. The Morgan fingerprint density at radius 2 is 1.81 bits per heavy atom. The molecule has 4 aromatic rings. The fourth-order valence-electron chi connectivity index (χ4n) is 4.08. The lowest BCUT2D eigenvalue weighted by atomic mass is 10.0. The zero-order chi connectivity index (χ0) is 27.1. The average Bonchev–Trinajstić information content (AvgIpc) is 3.16. The summed E-state index contributed by atoms with van der Waals surface area (Å²) in [7, 11) is -2.21. The number of sulfone groups is 1. The predicted molar refractivity (Wildman–Crippen MR) is 130 cm³/mol. The van der Waals surface area contributed by atoms with Crippen LogP contribution >= 0.6 is 0 Å². The lowest BCUT2D eigenvalue weighted by Gasteiger charge is -2.19. The van der Waals surface area contributed by atoms with Gasteiger partial charge >= 0.3 is 5.69 Å². The SMILES string of the molecule is CCOc1nc([C@@H](CS(C)(=O)=O)n2c(=O)[nH]c3c(C)c(-c4cc(F)c(F)cc4F)cnc32)ccc1OC. The molecule has 0 bridgehead atoms. The molecule has 3 heterocycles. The van der Waals surface area contributed by atoms with Crippen LogP contribution in [0.2, 0.25) is 0 Å². The Bertz CT molecular complexity index is 1670. The van der Waals surface area contributed by atoms with Gasteiger partial charge in [-0.05, 0) is 37.6 Å². The normalized spacial score (nSPS) is 12.6. The number of aromatic amines is 1. The van der Waals surface area contributed by atoms with Gasteiger partial charge in [0.25, 0.3) is 5.88 Å². The maximum absolute atomic E-state index is 14.5. The van der Waals surface area contributed by atoms with E-state index in [9.17, 15) is 26.4 Å². The van der Waals surface area contributed by atoms with Crippen molar-refractivity contribution < 1.29 is 31.1 Å². The topological polar surface area (TPSA) is 116 Å². The first-order valence-corrected chi connectivity index (χ1v) is 13.1. The zero-order valence-electron chi connectivity index (χ0n) is 20.3. The lowest BCUT2D eigenvalue weighted by Crippen LogP contribution is -2.29. The second-order valence-electron chi connectivity index (χ2n) is 8.33. The first kappa shape index (κ1) is 26.2. The molecule has 0 saturated carbocycles. The number of rotatable bonds is 8. The van der Waals surface area contributed by atoms with Crippen LogP contribution in [0.5, 0.6) is 11.6 Å². The molecule has 37 heavy (non-hydrogen) atoms. The summed E-state index contributed by atoms with van der Waals surface area (Å²) in [6.07, 6.45) is 2.23. The Morgan fingerprint density at radius 3 is 2.46 bits per heavy atom. The highest BCUT2D eigenvalue weighted by Gasteiger charge is 2.28. The van der Waals surface area contributed by atoms with Crippen LogP contribution in [-0.4, -0.2) is 53.7 Å². The number of pyridine rings is 2. The molecule has 9 nitrogen and oxygen atoms in total. The zero-order valence-corrected chi connectivity index (χ0v) is 21.1. The van der Waals surface area contributed by atoms with Gasteiger partial charge in [-0.1, -0.05) is 0 Å². The molecule has 1 N–H and O–H groups in total. The number of methoxy groups -OCH3 is 1. The Labute approximate surface area is 209 Å².